The third-order valence-corrected chi connectivity index (χ3v) is 2.82. The number of hydrogen-bond donors (Lipinski definition) is 0. The number of hydrogen-bond acceptors (Lipinski definition) is 1. The summed E-state index contributed by atoms with van der Waals surface area (Å²) in [4.78, 5) is 0. The summed E-state index contributed by atoms with van der Waals surface area (Å²) in [6.07, 6.45) is 1.44. The van der Waals surface area contributed by atoms with Gasteiger partial charge >= 0.3 is 0 Å². The first-order valence-corrected chi connectivity index (χ1v) is 6.09. The SMILES string of the molecule is C=CCOc1cc(F)c(-c2cc(Cl)ccc2F)c(F)c1. The van der Waals surface area contributed by atoms with Gasteiger partial charge in [-0.15, -0.1) is 0 Å². The average molecular weight is 299 g/mol. The van der Waals surface area contributed by atoms with Crippen LogP contribution in [0.15, 0.2) is 43.0 Å². The predicted molar refractivity (Wildman–Crippen MR) is 72.5 cm³/mol. The molecule has 0 radical (unpaired) electrons. The van der Waals surface area contributed by atoms with Crippen molar-refractivity contribution in [2.45, 2.75) is 0 Å². The van der Waals surface area contributed by atoms with E-state index in [1.54, 1.807) is 0 Å². The molecule has 0 saturated carbocycles. The first-order valence-electron chi connectivity index (χ1n) is 5.71. The van der Waals surface area contributed by atoms with E-state index in [9.17, 15) is 13.2 Å². The molecule has 0 saturated heterocycles. The Morgan fingerprint density at radius 2 is 1.70 bits per heavy atom. The molecule has 0 aliphatic rings. The van der Waals surface area contributed by atoms with E-state index in [0.29, 0.717) is 0 Å². The fourth-order valence-corrected chi connectivity index (χ4v) is 1.91. The molecule has 0 amide bonds. The van der Waals surface area contributed by atoms with Gasteiger partial charge in [0.15, 0.2) is 0 Å². The van der Waals surface area contributed by atoms with Gasteiger partial charge in [0.25, 0.3) is 0 Å². The number of ether oxygens (including phenoxy) is 1. The lowest BCUT2D eigenvalue weighted by molar-refractivity contribution is 0.358. The number of halogens is 4. The topological polar surface area (TPSA) is 9.23 Å². The maximum absolute atomic E-state index is 14.0. The van der Waals surface area contributed by atoms with Crippen molar-refractivity contribution in [2.24, 2.45) is 0 Å². The van der Waals surface area contributed by atoms with Crippen molar-refractivity contribution >= 4 is 11.6 Å². The second-order valence-corrected chi connectivity index (χ2v) is 4.42. The molecule has 104 valence electrons. The fourth-order valence-electron chi connectivity index (χ4n) is 1.73. The maximum atomic E-state index is 14.0. The van der Waals surface area contributed by atoms with Gasteiger partial charge in [-0.2, -0.15) is 0 Å². The summed E-state index contributed by atoms with van der Waals surface area (Å²) >= 11 is 5.72. The van der Waals surface area contributed by atoms with E-state index in [4.69, 9.17) is 16.3 Å². The lowest BCUT2D eigenvalue weighted by Gasteiger charge is -2.10. The van der Waals surface area contributed by atoms with E-state index in [1.807, 2.05) is 0 Å². The molecular formula is C15H10ClF3O. The summed E-state index contributed by atoms with van der Waals surface area (Å²) in [6.45, 7) is 3.55. The van der Waals surface area contributed by atoms with Crippen molar-refractivity contribution in [1.29, 1.82) is 0 Å². The minimum atomic E-state index is -0.926. The maximum Gasteiger partial charge on any atom is 0.137 e. The zero-order valence-electron chi connectivity index (χ0n) is 10.3. The van der Waals surface area contributed by atoms with Crippen LogP contribution in [0.1, 0.15) is 0 Å². The van der Waals surface area contributed by atoms with Crippen LogP contribution in [0.2, 0.25) is 5.02 Å². The third-order valence-electron chi connectivity index (χ3n) is 2.58. The summed E-state index contributed by atoms with van der Waals surface area (Å²) < 4.78 is 46.7. The minimum absolute atomic E-state index is 0.00564. The highest BCUT2D eigenvalue weighted by Gasteiger charge is 2.17. The summed E-state index contributed by atoms with van der Waals surface area (Å²) in [5.74, 6) is -2.60. The van der Waals surface area contributed by atoms with Crippen molar-refractivity contribution in [3.63, 3.8) is 0 Å². The largest absolute Gasteiger partial charge is 0.489 e. The molecule has 20 heavy (non-hydrogen) atoms. The Bertz CT molecular complexity index is 633. The molecule has 1 nitrogen and oxygen atoms in total. The van der Waals surface area contributed by atoms with Crippen LogP contribution in [-0.4, -0.2) is 6.61 Å². The lowest BCUT2D eigenvalue weighted by atomic mass is 10.0. The molecule has 2 aromatic rings. The smallest absolute Gasteiger partial charge is 0.137 e. The van der Waals surface area contributed by atoms with Crippen molar-refractivity contribution in [3.8, 4) is 16.9 Å². The molecule has 5 heteroatoms. The molecule has 0 fully saturated rings. The Balaban J connectivity index is 2.52. The third kappa shape index (κ3) is 2.96. The van der Waals surface area contributed by atoms with E-state index in [0.717, 1.165) is 18.2 Å². The molecule has 0 spiro atoms. The molecule has 0 heterocycles. The van der Waals surface area contributed by atoms with E-state index < -0.39 is 23.0 Å². The van der Waals surface area contributed by atoms with Crippen molar-refractivity contribution in [1.82, 2.24) is 0 Å². The molecule has 0 aromatic heterocycles. The van der Waals surface area contributed by atoms with Gasteiger partial charge in [-0.1, -0.05) is 24.3 Å². The second kappa shape index (κ2) is 6.01. The first-order chi connectivity index (χ1) is 9.52. The fraction of sp³-hybridized carbons (Fsp3) is 0.0667. The highest BCUT2D eigenvalue weighted by Crippen LogP contribution is 2.33. The van der Waals surface area contributed by atoms with Gasteiger partial charge in [0, 0.05) is 22.7 Å². The van der Waals surface area contributed by atoms with Crippen LogP contribution in [0.3, 0.4) is 0 Å². The van der Waals surface area contributed by atoms with Crippen molar-refractivity contribution < 1.29 is 17.9 Å². The molecule has 0 bridgehead atoms. The van der Waals surface area contributed by atoms with E-state index in [1.165, 1.54) is 18.2 Å². The summed E-state index contributed by atoms with van der Waals surface area (Å²) in [7, 11) is 0. The van der Waals surface area contributed by atoms with Gasteiger partial charge in [-0.05, 0) is 18.2 Å². The van der Waals surface area contributed by atoms with Crippen LogP contribution in [0.5, 0.6) is 5.75 Å². The summed E-state index contributed by atoms with van der Waals surface area (Å²) in [5.41, 5.74) is -0.710. The van der Waals surface area contributed by atoms with E-state index in [2.05, 4.69) is 6.58 Å². The zero-order valence-corrected chi connectivity index (χ0v) is 11.1. The Morgan fingerprint density at radius 1 is 1.05 bits per heavy atom. The number of benzene rings is 2. The monoisotopic (exact) mass is 298 g/mol. The molecule has 0 N–H and O–H groups in total. The van der Waals surface area contributed by atoms with Crippen LogP contribution in [0.4, 0.5) is 13.2 Å². The second-order valence-electron chi connectivity index (χ2n) is 3.99. The van der Waals surface area contributed by atoms with Crippen LogP contribution in [0.25, 0.3) is 11.1 Å². The van der Waals surface area contributed by atoms with Crippen LogP contribution in [0, 0.1) is 17.5 Å². The van der Waals surface area contributed by atoms with E-state index >= 15 is 0 Å². The molecule has 0 unspecified atom stereocenters. The van der Waals surface area contributed by atoms with Crippen LogP contribution in [-0.2, 0) is 0 Å². The molecule has 2 aromatic carbocycles. The zero-order chi connectivity index (χ0) is 14.7. The van der Waals surface area contributed by atoms with Crippen LogP contribution < -0.4 is 4.74 Å². The molecule has 0 aliphatic carbocycles. The first kappa shape index (κ1) is 14.5. The number of rotatable bonds is 4. The van der Waals surface area contributed by atoms with Gasteiger partial charge in [-0.3, -0.25) is 0 Å². The highest BCUT2D eigenvalue weighted by molar-refractivity contribution is 6.30. The van der Waals surface area contributed by atoms with Crippen molar-refractivity contribution in [3.05, 3.63) is 65.5 Å². The molecule has 0 atom stereocenters. The molecule has 2 rings (SSSR count). The molecule has 0 aliphatic heterocycles. The standard InChI is InChI=1S/C15H10ClF3O/c1-2-5-20-10-7-13(18)15(14(19)8-10)11-6-9(16)3-4-12(11)17/h2-4,6-8H,1,5H2. The van der Waals surface area contributed by atoms with Gasteiger partial charge in [0.05, 0.1) is 5.56 Å². The molecular weight excluding hydrogens is 289 g/mol. The van der Waals surface area contributed by atoms with Crippen LogP contribution >= 0.6 is 11.6 Å². The highest BCUT2D eigenvalue weighted by atomic mass is 35.5. The van der Waals surface area contributed by atoms with Gasteiger partial charge in [-0.25, -0.2) is 13.2 Å². The summed E-state index contributed by atoms with van der Waals surface area (Å²) in [6, 6.07) is 5.50. The van der Waals surface area contributed by atoms with Gasteiger partial charge in [0.2, 0.25) is 0 Å². The van der Waals surface area contributed by atoms with Gasteiger partial charge < -0.3 is 4.74 Å². The van der Waals surface area contributed by atoms with Crippen molar-refractivity contribution in [2.75, 3.05) is 6.61 Å². The Morgan fingerprint density at radius 3 is 2.30 bits per heavy atom. The minimum Gasteiger partial charge on any atom is -0.489 e. The quantitative estimate of drug-likeness (QED) is 0.723. The predicted octanol–water partition coefficient (Wildman–Crippen LogP) is 4.99. The normalized spacial score (nSPS) is 10.4. The Labute approximate surface area is 119 Å². The Hall–Kier alpha value is -1.94. The lowest BCUT2D eigenvalue weighted by Crippen LogP contribution is -1.98. The van der Waals surface area contributed by atoms with E-state index in [-0.39, 0.29) is 22.9 Å². The van der Waals surface area contributed by atoms with Gasteiger partial charge in [0.1, 0.15) is 29.8 Å². The summed E-state index contributed by atoms with van der Waals surface area (Å²) in [5, 5.41) is 0.187. The average Bonchev–Trinajstić information content (AvgIpc) is 2.39. The Kier molecular flexibility index (Phi) is 4.35.